The lowest BCUT2D eigenvalue weighted by Gasteiger charge is -2.09. The molecule has 1 saturated heterocycles. The van der Waals surface area contributed by atoms with Gasteiger partial charge in [-0.15, -0.1) is 0 Å². The maximum Gasteiger partial charge on any atom is 0.260 e. The molecule has 53 valence electrons. The first kappa shape index (κ1) is 7.31. The van der Waals surface area contributed by atoms with Gasteiger partial charge in [0, 0.05) is 12.8 Å². The van der Waals surface area contributed by atoms with E-state index >= 15 is 0 Å². The minimum Gasteiger partial charge on any atom is -0.334 e. The summed E-state index contributed by atoms with van der Waals surface area (Å²) in [6.07, 6.45) is 1.50. The van der Waals surface area contributed by atoms with E-state index in [4.69, 9.17) is 0 Å². The predicted octanol–water partition coefficient (Wildman–Crippen LogP) is 0.193. The Balaban J connectivity index is 2.54. The Hall–Kier alpha value is -0.795. The fourth-order valence-electron chi connectivity index (χ4n) is 0.980. The number of carbonyl (C=O) groups excluding carboxylic acids is 2. The number of amides is 2. The topological polar surface area (TPSA) is 37.4 Å². The van der Waals surface area contributed by atoms with Crippen molar-refractivity contribution in [2.24, 2.45) is 0 Å². The van der Waals surface area contributed by atoms with Gasteiger partial charge in [0.15, 0.2) is 0 Å². The summed E-state index contributed by atoms with van der Waals surface area (Å²) in [5.74, 6) is -0.126. The molecule has 0 N–H and O–H groups in total. The van der Waals surface area contributed by atoms with E-state index < -0.39 is 0 Å². The minimum atomic E-state index is -0.0631. The first-order valence-corrected chi connectivity index (χ1v) is 3.44. The van der Waals surface area contributed by atoms with Gasteiger partial charge in [-0.1, -0.05) is 13.2 Å². The highest BCUT2D eigenvalue weighted by Gasteiger charge is 2.27. The maximum absolute atomic E-state index is 10.8. The zero-order chi connectivity index (χ0) is 7.56. The standard InChI is InChI=1S/C6H9BNO2/c1-2-7-8-5(9)3-4-6(8)10/h2-4H2,1H3. The Kier molecular flexibility index (Phi) is 2.09. The van der Waals surface area contributed by atoms with E-state index in [-0.39, 0.29) is 11.8 Å². The lowest BCUT2D eigenvalue weighted by Crippen LogP contribution is -2.32. The summed E-state index contributed by atoms with van der Waals surface area (Å²) >= 11 is 0. The molecule has 1 aliphatic rings. The molecular formula is C6H9BNO2. The quantitative estimate of drug-likeness (QED) is 0.403. The number of nitrogens with zero attached hydrogens (tertiary/aromatic N) is 1. The molecule has 0 bridgehead atoms. The summed E-state index contributed by atoms with van der Waals surface area (Å²) in [7, 11) is 1.64. The summed E-state index contributed by atoms with van der Waals surface area (Å²) in [6.45, 7) is 1.90. The monoisotopic (exact) mass is 138 g/mol. The van der Waals surface area contributed by atoms with Gasteiger partial charge in [-0.05, 0) is 0 Å². The lowest BCUT2D eigenvalue weighted by molar-refractivity contribution is -0.132. The molecule has 1 aliphatic heterocycles. The molecule has 0 aromatic rings. The van der Waals surface area contributed by atoms with Crippen LogP contribution in [0.5, 0.6) is 0 Å². The van der Waals surface area contributed by atoms with Crippen LogP contribution in [0.15, 0.2) is 0 Å². The SMILES string of the molecule is CC[B]N1C(=O)CCC1=O. The zero-order valence-corrected chi connectivity index (χ0v) is 5.96. The van der Waals surface area contributed by atoms with E-state index in [1.807, 2.05) is 6.92 Å². The Labute approximate surface area is 60.7 Å². The first-order chi connectivity index (χ1) is 4.75. The number of imide groups is 1. The van der Waals surface area contributed by atoms with Gasteiger partial charge >= 0.3 is 0 Å². The molecule has 0 aromatic carbocycles. The highest BCUT2D eigenvalue weighted by Crippen LogP contribution is 2.10. The molecule has 0 unspecified atom stereocenters. The molecule has 10 heavy (non-hydrogen) atoms. The van der Waals surface area contributed by atoms with Crippen LogP contribution in [0.3, 0.4) is 0 Å². The molecule has 0 saturated carbocycles. The second-order valence-electron chi connectivity index (χ2n) is 2.25. The summed E-state index contributed by atoms with van der Waals surface area (Å²) in [5.41, 5.74) is 0. The molecule has 1 heterocycles. The minimum absolute atomic E-state index is 0.0631. The largest absolute Gasteiger partial charge is 0.334 e. The second-order valence-corrected chi connectivity index (χ2v) is 2.25. The van der Waals surface area contributed by atoms with Crippen molar-refractivity contribution in [2.45, 2.75) is 26.1 Å². The van der Waals surface area contributed by atoms with E-state index in [0.717, 1.165) is 6.32 Å². The molecule has 0 spiro atoms. The summed E-state index contributed by atoms with van der Waals surface area (Å²) in [4.78, 5) is 22.9. The van der Waals surface area contributed by atoms with Crippen molar-refractivity contribution in [2.75, 3.05) is 0 Å². The number of hydrogen-bond donors (Lipinski definition) is 0. The molecule has 3 nitrogen and oxygen atoms in total. The summed E-state index contributed by atoms with van der Waals surface area (Å²) in [5, 5.41) is 0. The van der Waals surface area contributed by atoms with Crippen LogP contribution in [0.25, 0.3) is 0 Å². The van der Waals surface area contributed by atoms with Crippen LogP contribution in [0.4, 0.5) is 0 Å². The third-order valence-corrected chi connectivity index (χ3v) is 1.46. The Bertz CT molecular complexity index is 153. The molecule has 4 heteroatoms. The van der Waals surface area contributed by atoms with Crippen molar-refractivity contribution in [3.63, 3.8) is 0 Å². The second kappa shape index (κ2) is 2.86. The highest BCUT2D eigenvalue weighted by molar-refractivity contribution is 6.43. The molecule has 1 fully saturated rings. The summed E-state index contributed by atoms with van der Waals surface area (Å²) < 4.78 is 0. The number of hydrogen-bond acceptors (Lipinski definition) is 2. The van der Waals surface area contributed by atoms with Crippen molar-refractivity contribution >= 4 is 19.2 Å². The van der Waals surface area contributed by atoms with Crippen LogP contribution in [0.2, 0.25) is 6.32 Å². The van der Waals surface area contributed by atoms with Gasteiger partial charge in [0.25, 0.3) is 7.41 Å². The number of rotatable bonds is 2. The van der Waals surface area contributed by atoms with E-state index in [9.17, 15) is 9.59 Å². The molecule has 2 amide bonds. The van der Waals surface area contributed by atoms with Gasteiger partial charge in [-0.2, -0.15) is 0 Å². The van der Waals surface area contributed by atoms with Gasteiger partial charge in [0.2, 0.25) is 11.8 Å². The van der Waals surface area contributed by atoms with Crippen LogP contribution in [0.1, 0.15) is 19.8 Å². The van der Waals surface area contributed by atoms with Crippen molar-refractivity contribution in [1.82, 2.24) is 4.81 Å². The van der Waals surface area contributed by atoms with Crippen molar-refractivity contribution < 1.29 is 9.59 Å². The van der Waals surface area contributed by atoms with Crippen LogP contribution in [-0.2, 0) is 9.59 Å². The molecule has 1 rings (SSSR count). The predicted molar refractivity (Wildman–Crippen MR) is 37.3 cm³/mol. The van der Waals surface area contributed by atoms with Gasteiger partial charge < -0.3 is 4.81 Å². The molecular weight excluding hydrogens is 129 g/mol. The van der Waals surface area contributed by atoms with Gasteiger partial charge in [-0.3, -0.25) is 9.59 Å². The normalized spacial score (nSPS) is 18.3. The van der Waals surface area contributed by atoms with Gasteiger partial charge in [0.1, 0.15) is 0 Å². The van der Waals surface area contributed by atoms with E-state index in [2.05, 4.69) is 0 Å². The lowest BCUT2D eigenvalue weighted by atomic mass is 9.88. The zero-order valence-electron chi connectivity index (χ0n) is 5.96. The Morgan fingerprint density at radius 3 is 2.30 bits per heavy atom. The van der Waals surface area contributed by atoms with E-state index in [0.29, 0.717) is 12.8 Å². The highest BCUT2D eigenvalue weighted by atomic mass is 16.2. The molecule has 1 radical (unpaired) electrons. The van der Waals surface area contributed by atoms with E-state index in [1.54, 1.807) is 7.41 Å². The summed E-state index contributed by atoms with van der Waals surface area (Å²) in [6, 6.07) is 0. The third-order valence-electron chi connectivity index (χ3n) is 1.46. The van der Waals surface area contributed by atoms with Crippen LogP contribution in [-0.4, -0.2) is 24.0 Å². The van der Waals surface area contributed by atoms with Gasteiger partial charge in [-0.25, -0.2) is 0 Å². The van der Waals surface area contributed by atoms with Crippen molar-refractivity contribution in [3.05, 3.63) is 0 Å². The number of carbonyl (C=O) groups is 2. The van der Waals surface area contributed by atoms with Crippen LogP contribution >= 0.6 is 0 Å². The third kappa shape index (κ3) is 1.20. The van der Waals surface area contributed by atoms with Crippen LogP contribution < -0.4 is 0 Å². The fourth-order valence-corrected chi connectivity index (χ4v) is 0.980. The molecule has 0 aromatic heterocycles. The maximum atomic E-state index is 10.8. The fraction of sp³-hybridized carbons (Fsp3) is 0.667. The van der Waals surface area contributed by atoms with E-state index in [1.165, 1.54) is 4.81 Å². The average Bonchev–Trinajstić information content (AvgIpc) is 2.20. The smallest absolute Gasteiger partial charge is 0.260 e. The van der Waals surface area contributed by atoms with Crippen molar-refractivity contribution in [1.29, 1.82) is 0 Å². The molecule has 0 atom stereocenters. The Morgan fingerprint density at radius 2 is 1.90 bits per heavy atom. The van der Waals surface area contributed by atoms with Gasteiger partial charge in [0.05, 0.1) is 0 Å². The average molecular weight is 138 g/mol. The molecule has 0 aliphatic carbocycles. The van der Waals surface area contributed by atoms with Crippen molar-refractivity contribution in [3.8, 4) is 0 Å². The Morgan fingerprint density at radius 1 is 1.40 bits per heavy atom. The first-order valence-electron chi connectivity index (χ1n) is 3.44. The van der Waals surface area contributed by atoms with Crippen LogP contribution in [0, 0.1) is 0 Å².